The van der Waals surface area contributed by atoms with Crippen molar-refractivity contribution in [2.24, 2.45) is 0 Å². The molecule has 0 aromatic carbocycles. The highest BCUT2D eigenvalue weighted by atomic mass is 16.6. The Hall–Kier alpha value is -2.94. The minimum Gasteiger partial charge on any atom is -0.387 e. The quantitative estimate of drug-likeness (QED) is 0.278. The average Bonchev–Trinajstić information content (AvgIpc) is 3.66. The second kappa shape index (κ2) is 12.1. The Kier molecular flexibility index (Phi) is 8.54. The van der Waals surface area contributed by atoms with Crippen molar-refractivity contribution in [2.45, 2.75) is 96.4 Å². The van der Waals surface area contributed by atoms with Gasteiger partial charge < -0.3 is 30.5 Å². The van der Waals surface area contributed by atoms with Gasteiger partial charge in [-0.1, -0.05) is 20.3 Å². The topological polar surface area (TPSA) is 164 Å². The van der Waals surface area contributed by atoms with Gasteiger partial charge in [0.25, 0.3) is 0 Å². The zero-order valence-corrected chi connectivity index (χ0v) is 23.2. The molecule has 2 saturated heterocycles. The SMILES string of the molecule is CCC(CC)Nc1nc(NCCN2CCCCC2)nc2c1ncn2[C@@H]1O[C@H](c2nnn(C(C)C)n2)[C@@H](O)[C@H]1O. The molecule has 2 fully saturated rings. The van der Waals surface area contributed by atoms with Crippen LogP contribution in [-0.2, 0) is 4.74 Å². The Balaban J connectivity index is 1.42. The lowest BCUT2D eigenvalue weighted by molar-refractivity contribution is -0.0384. The maximum Gasteiger partial charge on any atom is 0.226 e. The number of aliphatic hydroxyl groups excluding tert-OH is 2. The fourth-order valence-electron chi connectivity index (χ4n) is 5.15. The smallest absolute Gasteiger partial charge is 0.226 e. The summed E-state index contributed by atoms with van der Waals surface area (Å²) >= 11 is 0. The predicted molar refractivity (Wildman–Crippen MR) is 145 cm³/mol. The molecule has 0 saturated carbocycles. The standard InChI is InChI=1S/C25H41N11O3/c1-5-16(6-2)28-21-17-23(30-25(29-21)26-10-13-34-11-8-7-9-12-34)35(14-27-17)24-19(38)18(37)20(39-24)22-31-33-36(32-22)15(3)4/h14-16,18-20,24,37-38H,5-13H2,1-4H3,(H2,26,28,29,30)/t18-,19+,20-,24+/m0/s1. The number of imidazole rings is 1. The molecule has 2 aliphatic heterocycles. The summed E-state index contributed by atoms with van der Waals surface area (Å²) < 4.78 is 7.76. The molecule has 0 spiro atoms. The van der Waals surface area contributed by atoms with Crippen molar-refractivity contribution >= 4 is 22.9 Å². The third-order valence-corrected chi connectivity index (χ3v) is 7.58. The molecule has 14 heteroatoms. The lowest BCUT2D eigenvalue weighted by atomic mass is 10.1. The molecule has 0 radical (unpaired) electrons. The number of anilines is 2. The molecule has 3 aromatic rings. The highest BCUT2D eigenvalue weighted by Crippen LogP contribution is 2.39. The first-order valence-corrected chi connectivity index (χ1v) is 14.2. The van der Waals surface area contributed by atoms with Crippen LogP contribution in [0.1, 0.15) is 84.0 Å². The zero-order chi connectivity index (χ0) is 27.5. The second-order valence-corrected chi connectivity index (χ2v) is 10.7. The summed E-state index contributed by atoms with van der Waals surface area (Å²) in [6.07, 6.45) is 2.83. The molecule has 2 aliphatic rings. The first-order valence-electron chi connectivity index (χ1n) is 14.2. The molecule has 14 nitrogen and oxygen atoms in total. The van der Waals surface area contributed by atoms with Crippen molar-refractivity contribution in [3.63, 3.8) is 0 Å². The Bertz CT molecular complexity index is 1220. The van der Waals surface area contributed by atoms with Crippen LogP contribution in [0.25, 0.3) is 11.2 Å². The van der Waals surface area contributed by atoms with Crippen molar-refractivity contribution in [2.75, 3.05) is 36.8 Å². The van der Waals surface area contributed by atoms with E-state index in [1.54, 1.807) is 10.9 Å². The summed E-state index contributed by atoms with van der Waals surface area (Å²) in [6, 6.07) is 0.227. The summed E-state index contributed by atoms with van der Waals surface area (Å²) in [5.41, 5.74) is 1.07. The Labute approximate surface area is 228 Å². The van der Waals surface area contributed by atoms with Crippen LogP contribution in [0, 0.1) is 0 Å². The number of aliphatic hydroxyl groups is 2. The van der Waals surface area contributed by atoms with Crippen LogP contribution < -0.4 is 10.6 Å². The molecular weight excluding hydrogens is 502 g/mol. The lowest BCUT2D eigenvalue weighted by Gasteiger charge is -2.26. The van der Waals surface area contributed by atoms with E-state index in [9.17, 15) is 10.2 Å². The van der Waals surface area contributed by atoms with Crippen molar-refractivity contribution in [1.29, 1.82) is 0 Å². The number of aromatic nitrogens is 8. The third-order valence-electron chi connectivity index (χ3n) is 7.58. The number of piperidine rings is 1. The predicted octanol–water partition coefficient (Wildman–Crippen LogP) is 1.88. The van der Waals surface area contributed by atoms with E-state index < -0.39 is 24.5 Å². The summed E-state index contributed by atoms with van der Waals surface area (Å²) in [6.45, 7) is 12.0. The number of ether oxygens (including phenoxy) is 1. The van der Waals surface area contributed by atoms with Crippen LogP contribution in [-0.4, -0.2) is 99.3 Å². The number of hydrogen-bond acceptors (Lipinski definition) is 12. The molecule has 5 heterocycles. The van der Waals surface area contributed by atoms with Crippen LogP contribution in [0.2, 0.25) is 0 Å². The number of rotatable bonds is 11. The van der Waals surface area contributed by atoms with Crippen LogP contribution in [0.5, 0.6) is 0 Å². The highest BCUT2D eigenvalue weighted by molar-refractivity contribution is 5.84. The minimum atomic E-state index is -1.25. The van der Waals surface area contributed by atoms with Gasteiger partial charge in [0.1, 0.15) is 12.2 Å². The van der Waals surface area contributed by atoms with Gasteiger partial charge in [-0.3, -0.25) is 4.57 Å². The number of fused-ring (bicyclic) bond motifs is 1. The molecule has 0 bridgehead atoms. The van der Waals surface area contributed by atoms with E-state index in [-0.39, 0.29) is 17.9 Å². The molecule has 3 aromatic heterocycles. The number of nitrogens with one attached hydrogen (secondary N) is 2. The molecular formula is C25H41N11O3. The molecule has 4 atom stereocenters. The fraction of sp³-hybridized carbons (Fsp3) is 0.760. The Morgan fingerprint density at radius 3 is 2.54 bits per heavy atom. The number of likely N-dealkylation sites (tertiary alicyclic amines) is 1. The molecule has 0 unspecified atom stereocenters. The molecule has 0 aliphatic carbocycles. The van der Waals surface area contributed by atoms with Gasteiger partial charge in [0, 0.05) is 19.1 Å². The molecule has 4 N–H and O–H groups in total. The van der Waals surface area contributed by atoms with Gasteiger partial charge in [-0.05, 0) is 57.8 Å². The van der Waals surface area contributed by atoms with Gasteiger partial charge in [0.2, 0.25) is 11.8 Å². The summed E-state index contributed by atoms with van der Waals surface area (Å²) in [4.78, 5) is 18.0. The van der Waals surface area contributed by atoms with E-state index in [0.717, 1.165) is 32.5 Å². The zero-order valence-electron chi connectivity index (χ0n) is 23.2. The second-order valence-electron chi connectivity index (χ2n) is 10.7. The van der Waals surface area contributed by atoms with Crippen molar-refractivity contribution < 1.29 is 14.9 Å². The third kappa shape index (κ3) is 5.83. The van der Waals surface area contributed by atoms with E-state index in [1.165, 1.54) is 24.1 Å². The monoisotopic (exact) mass is 543 g/mol. The van der Waals surface area contributed by atoms with E-state index >= 15 is 0 Å². The number of tetrazole rings is 1. The van der Waals surface area contributed by atoms with Gasteiger partial charge >= 0.3 is 0 Å². The lowest BCUT2D eigenvalue weighted by Crippen LogP contribution is -2.34. The molecule has 0 amide bonds. The maximum atomic E-state index is 11.0. The number of nitrogens with zero attached hydrogens (tertiary/aromatic N) is 9. The van der Waals surface area contributed by atoms with Crippen molar-refractivity contribution in [1.82, 2.24) is 44.6 Å². The van der Waals surface area contributed by atoms with E-state index in [4.69, 9.17) is 14.7 Å². The van der Waals surface area contributed by atoms with Crippen molar-refractivity contribution in [3.8, 4) is 0 Å². The first-order chi connectivity index (χ1) is 18.9. The summed E-state index contributed by atoms with van der Waals surface area (Å²) in [5.74, 6) is 1.31. The summed E-state index contributed by atoms with van der Waals surface area (Å²) in [7, 11) is 0. The average molecular weight is 544 g/mol. The largest absolute Gasteiger partial charge is 0.387 e. The van der Waals surface area contributed by atoms with E-state index in [2.05, 4.69) is 49.8 Å². The van der Waals surface area contributed by atoms with Gasteiger partial charge in [-0.2, -0.15) is 14.8 Å². The van der Waals surface area contributed by atoms with Crippen molar-refractivity contribution in [3.05, 3.63) is 12.2 Å². The van der Waals surface area contributed by atoms with Crippen LogP contribution in [0.3, 0.4) is 0 Å². The van der Waals surface area contributed by atoms with E-state index in [0.29, 0.717) is 29.5 Å². The maximum absolute atomic E-state index is 11.0. The molecule has 5 rings (SSSR count). The van der Waals surface area contributed by atoms with Gasteiger partial charge in [0.05, 0.1) is 12.4 Å². The summed E-state index contributed by atoms with van der Waals surface area (Å²) in [5, 5.41) is 41.1. The van der Waals surface area contributed by atoms with Gasteiger partial charge in [0.15, 0.2) is 29.3 Å². The first kappa shape index (κ1) is 27.6. The van der Waals surface area contributed by atoms with Crippen LogP contribution in [0.15, 0.2) is 6.33 Å². The number of hydrogen-bond donors (Lipinski definition) is 4. The van der Waals surface area contributed by atoms with Gasteiger partial charge in [-0.25, -0.2) is 4.98 Å². The van der Waals surface area contributed by atoms with Crippen LogP contribution in [0.4, 0.5) is 11.8 Å². The Morgan fingerprint density at radius 1 is 1.08 bits per heavy atom. The normalized spacial score (nSPS) is 24.3. The van der Waals surface area contributed by atoms with Gasteiger partial charge in [-0.15, -0.1) is 10.2 Å². The molecule has 214 valence electrons. The minimum absolute atomic E-state index is 0.00151. The Morgan fingerprint density at radius 2 is 1.85 bits per heavy atom. The molecule has 39 heavy (non-hydrogen) atoms. The fourth-order valence-corrected chi connectivity index (χ4v) is 5.15. The highest BCUT2D eigenvalue weighted by Gasteiger charge is 2.47. The van der Waals surface area contributed by atoms with Crippen LogP contribution >= 0.6 is 0 Å². The van der Waals surface area contributed by atoms with E-state index in [1.807, 2.05) is 13.8 Å².